The molecule has 3 heteroatoms. The highest BCUT2D eigenvalue weighted by molar-refractivity contribution is 5.80. The predicted molar refractivity (Wildman–Crippen MR) is 69.4 cm³/mol. The topological polar surface area (TPSA) is 32.3 Å². The highest BCUT2D eigenvalue weighted by atomic mass is 16.2. The van der Waals surface area contributed by atoms with E-state index in [2.05, 4.69) is 31.2 Å². The van der Waals surface area contributed by atoms with Crippen molar-refractivity contribution >= 4 is 5.91 Å². The fraction of sp³-hybridized carbons (Fsp3) is 0.923. The lowest BCUT2D eigenvalue weighted by atomic mass is 10.1. The van der Waals surface area contributed by atoms with Crippen LogP contribution in [0.2, 0.25) is 0 Å². The van der Waals surface area contributed by atoms with E-state index < -0.39 is 0 Å². The van der Waals surface area contributed by atoms with Gasteiger partial charge in [0.2, 0.25) is 5.91 Å². The molecule has 1 amide bonds. The number of nitrogens with zero attached hydrogens (tertiary/aromatic N) is 1. The lowest BCUT2D eigenvalue weighted by Crippen LogP contribution is -2.30. The van der Waals surface area contributed by atoms with E-state index in [1.807, 2.05) is 13.8 Å². The molecule has 1 unspecified atom stereocenters. The second-order valence-corrected chi connectivity index (χ2v) is 4.72. The zero-order chi connectivity index (χ0) is 12.6. The second-order valence-electron chi connectivity index (χ2n) is 4.72. The first-order valence-electron chi connectivity index (χ1n) is 6.52. The van der Waals surface area contributed by atoms with Crippen LogP contribution < -0.4 is 5.32 Å². The van der Waals surface area contributed by atoms with Crippen molar-refractivity contribution in [2.24, 2.45) is 11.8 Å². The Morgan fingerprint density at radius 1 is 1.38 bits per heavy atom. The van der Waals surface area contributed by atoms with Gasteiger partial charge in [0.1, 0.15) is 0 Å². The summed E-state index contributed by atoms with van der Waals surface area (Å²) in [6.45, 7) is 8.13. The molecule has 1 atom stereocenters. The Kier molecular flexibility index (Phi) is 8.26. The Labute approximate surface area is 101 Å². The summed E-state index contributed by atoms with van der Waals surface area (Å²) in [6.07, 6.45) is 3.34. The maximum absolute atomic E-state index is 11.3. The first kappa shape index (κ1) is 15.4. The molecule has 0 spiro atoms. The van der Waals surface area contributed by atoms with Gasteiger partial charge in [0.15, 0.2) is 0 Å². The maximum atomic E-state index is 11.3. The molecule has 1 fully saturated rings. The fourth-order valence-electron chi connectivity index (χ4n) is 1.35. The van der Waals surface area contributed by atoms with Gasteiger partial charge in [-0.25, -0.2) is 0 Å². The zero-order valence-electron chi connectivity index (χ0n) is 11.5. The minimum Gasteiger partial charge on any atom is -0.356 e. The third-order valence-electron chi connectivity index (χ3n) is 2.64. The van der Waals surface area contributed by atoms with E-state index in [9.17, 15) is 4.79 Å². The first-order chi connectivity index (χ1) is 7.59. The van der Waals surface area contributed by atoms with Crippen molar-refractivity contribution in [3.8, 4) is 0 Å². The van der Waals surface area contributed by atoms with Gasteiger partial charge < -0.3 is 10.2 Å². The van der Waals surface area contributed by atoms with E-state index in [4.69, 9.17) is 0 Å². The van der Waals surface area contributed by atoms with Gasteiger partial charge in [-0.15, -0.1) is 0 Å². The molecule has 0 bridgehead atoms. The minimum atomic E-state index is 0.265. The Morgan fingerprint density at radius 3 is 2.38 bits per heavy atom. The van der Waals surface area contributed by atoms with Gasteiger partial charge in [-0.2, -0.15) is 0 Å². The van der Waals surface area contributed by atoms with Gasteiger partial charge in [0.05, 0.1) is 0 Å². The lowest BCUT2D eigenvalue weighted by Gasteiger charge is -2.15. The maximum Gasteiger partial charge on any atom is 0.223 e. The number of amides is 1. The van der Waals surface area contributed by atoms with E-state index >= 15 is 0 Å². The molecule has 0 aliphatic heterocycles. The normalized spacial score (nSPS) is 16.4. The monoisotopic (exact) mass is 228 g/mol. The van der Waals surface area contributed by atoms with Crippen LogP contribution in [0.25, 0.3) is 0 Å². The SMILES string of the molecule is CC.CC(CCN(C)C)CNC(=O)C1CC1. The molecule has 3 nitrogen and oxygen atoms in total. The van der Waals surface area contributed by atoms with Gasteiger partial charge in [-0.05, 0) is 45.8 Å². The second kappa shape index (κ2) is 8.57. The smallest absolute Gasteiger partial charge is 0.223 e. The van der Waals surface area contributed by atoms with Crippen molar-refractivity contribution in [1.29, 1.82) is 0 Å². The first-order valence-corrected chi connectivity index (χ1v) is 6.52. The number of nitrogens with one attached hydrogen (secondary N) is 1. The van der Waals surface area contributed by atoms with Crippen LogP contribution in [-0.4, -0.2) is 38.0 Å². The Balaban J connectivity index is 0.00000106. The zero-order valence-corrected chi connectivity index (χ0v) is 11.5. The van der Waals surface area contributed by atoms with E-state index in [0.717, 1.165) is 32.4 Å². The molecule has 0 heterocycles. The average molecular weight is 228 g/mol. The summed E-state index contributed by atoms with van der Waals surface area (Å²) < 4.78 is 0. The number of hydrogen-bond donors (Lipinski definition) is 1. The van der Waals surface area contributed by atoms with Crippen LogP contribution in [0, 0.1) is 11.8 Å². The molecule has 0 aromatic rings. The molecule has 1 rings (SSSR count). The Hall–Kier alpha value is -0.570. The third-order valence-corrected chi connectivity index (χ3v) is 2.64. The van der Waals surface area contributed by atoms with Gasteiger partial charge in [0, 0.05) is 12.5 Å². The largest absolute Gasteiger partial charge is 0.356 e. The molecule has 1 saturated carbocycles. The molecule has 0 aromatic heterocycles. The van der Waals surface area contributed by atoms with Crippen molar-refractivity contribution in [2.75, 3.05) is 27.2 Å². The average Bonchev–Trinajstić information content (AvgIpc) is 3.09. The van der Waals surface area contributed by atoms with Crippen molar-refractivity contribution in [2.45, 2.75) is 40.0 Å². The fourth-order valence-corrected chi connectivity index (χ4v) is 1.35. The van der Waals surface area contributed by atoms with Crippen molar-refractivity contribution in [3.63, 3.8) is 0 Å². The van der Waals surface area contributed by atoms with Crippen molar-refractivity contribution < 1.29 is 4.79 Å². The predicted octanol–water partition coefficient (Wildman–Crippen LogP) is 2.13. The van der Waals surface area contributed by atoms with Crippen LogP contribution in [0.5, 0.6) is 0 Å². The molecule has 1 aliphatic carbocycles. The molecule has 1 aliphatic rings. The van der Waals surface area contributed by atoms with E-state index in [1.165, 1.54) is 0 Å². The quantitative estimate of drug-likeness (QED) is 0.755. The molecule has 1 N–H and O–H groups in total. The summed E-state index contributed by atoms with van der Waals surface area (Å²) in [5.41, 5.74) is 0. The van der Waals surface area contributed by atoms with E-state index in [1.54, 1.807) is 0 Å². The van der Waals surface area contributed by atoms with Crippen molar-refractivity contribution in [3.05, 3.63) is 0 Å². The number of carbonyl (C=O) groups excluding carboxylic acids is 1. The van der Waals surface area contributed by atoms with Crippen LogP contribution in [0.3, 0.4) is 0 Å². The number of rotatable bonds is 6. The number of hydrogen-bond acceptors (Lipinski definition) is 2. The van der Waals surface area contributed by atoms with Crippen LogP contribution in [0.15, 0.2) is 0 Å². The standard InChI is InChI=1S/C11H22N2O.C2H6/c1-9(6-7-13(2)3)8-12-11(14)10-4-5-10;1-2/h9-10H,4-8H2,1-3H3,(H,12,14);1-2H3. The highest BCUT2D eigenvalue weighted by Gasteiger charge is 2.29. The summed E-state index contributed by atoms with van der Waals surface area (Å²) in [7, 11) is 4.16. The molecule has 0 radical (unpaired) electrons. The Bertz CT molecular complexity index is 188. The van der Waals surface area contributed by atoms with E-state index in [0.29, 0.717) is 11.8 Å². The molecule has 0 saturated heterocycles. The molecule has 0 aromatic carbocycles. The van der Waals surface area contributed by atoms with Gasteiger partial charge in [0.25, 0.3) is 0 Å². The Morgan fingerprint density at radius 2 is 1.94 bits per heavy atom. The summed E-state index contributed by atoms with van der Waals surface area (Å²) in [5, 5.41) is 3.01. The number of carbonyl (C=O) groups is 1. The van der Waals surface area contributed by atoms with Crippen LogP contribution >= 0.6 is 0 Å². The third kappa shape index (κ3) is 7.69. The summed E-state index contributed by atoms with van der Waals surface area (Å²) in [6, 6.07) is 0. The van der Waals surface area contributed by atoms with Gasteiger partial charge >= 0.3 is 0 Å². The molecule has 16 heavy (non-hydrogen) atoms. The van der Waals surface area contributed by atoms with E-state index in [-0.39, 0.29) is 5.91 Å². The summed E-state index contributed by atoms with van der Waals surface area (Å²) >= 11 is 0. The minimum absolute atomic E-state index is 0.265. The summed E-state index contributed by atoms with van der Waals surface area (Å²) in [4.78, 5) is 13.5. The van der Waals surface area contributed by atoms with Crippen LogP contribution in [0.4, 0.5) is 0 Å². The molecular weight excluding hydrogens is 200 g/mol. The van der Waals surface area contributed by atoms with Crippen LogP contribution in [-0.2, 0) is 4.79 Å². The van der Waals surface area contributed by atoms with Crippen LogP contribution in [0.1, 0.15) is 40.0 Å². The van der Waals surface area contributed by atoms with Crippen molar-refractivity contribution in [1.82, 2.24) is 10.2 Å². The lowest BCUT2D eigenvalue weighted by molar-refractivity contribution is -0.122. The summed E-state index contributed by atoms with van der Waals surface area (Å²) in [5.74, 6) is 1.19. The highest BCUT2D eigenvalue weighted by Crippen LogP contribution is 2.28. The molecule has 96 valence electrons. The molecular formula is C13H28N2O. The van der Waals surface area contributed by atoms with Gasteiger partial charge in [-0.1, -0.05) is 20.8 Å². The van der Waals surface area contributed by atoms with Gasteiger partial charge in [-0.3, -0.25) is 4.79 Å².